The van der Waals surface area contributed by atoms with Crippen LogP contribution in [0.1, 0.15) is 20.3 Å². The average molecular weight is 266 g/mol. The normalized spacial score (nSPS) is 12.4. The molecule has 0 saturated heterocycles. The highest BCUT2D eigenvalue weighted by Gasteiger charge is 2.21. The number of carbonyl (C=O) groups is 2. The van der Waals surface area contributed by atoms with Gasteiger partial charge in [-0.25, -0.2) is 4.79 Å². The van der Waals surface area contributed by atoms with Gasteiger partial charge in [0.2, 0.25) is 5.91 Å². The molecule has 0 saturated carbocycles. The van der Waals surface area contributed by atoms with Crippen molar-refractivity contribution in [2.45, 2.75) is 26.3 Å². The number of hydrogen-bond donors (Lipinski definition) is 1. The Bertz CT molecular complexity index is 206. The molecule has 82 valence electrons. The molecule has 0 aliphatic rings. The summed E-state index contributed by atoms with van der Waals surface area (Å²) in [5, 5.41) is 2.78. The number of alkyl halides is 1. The third-order valence-electron chi connectivity index (χ3n) is 1.65. The monoisotopic (exact) mass is 265 g/mol. The number of amides is 1. The van der Waals surface area contributed by atoms with E-state index in [1.165, 1.54) is 7.11 Å². The number of halogens is 1. The molecule has 0 bridgehead atoms. The standard InChI is InChI=1S/C9H16BrNO3/c1-6(2)4-7(9(13)14-3)11-8(12)5-10/h6-7H,4-5H2,1-3H3,(H,11,12)/t7-/m0/s1. The summed E-state index contributed by atoms with van der Waals surface area (Å²) in [5.41, 5.74) is 0. The summed E-state index contributed by atoms with van der Waals surface area (Å²) < 4.78 is 4.59. The van der Waals surface area contributed by atoms with Crippen molar-refractivity contribution < 1.29 is 14.3 Å². The zero-order valence-electron chi connectivity index (χ0n) is 8.67. The smallest absolute Gasteiger partial charge is 0.328 e. The molecule has 0 aromatic heterocycles. The van der Waals surface area contributed by atoms with E-state index < -0.39 is 12.0 Å². The topological polar surface area (TPSA) is 55.4 Å². The van der Waals surface area contributed by atoms with Crippen LogP contribution in [0.3, 0.4) is 0 Å². The number of carbonyl (C=O) groups excluding carboxylic acids is 2. The summed E-state index contributed by atoms with van der Waals surface area (Å²) in [6.07, 6.45) is 0.589. The molecule has 0 unspecified atom stereocenters. The van der Waals surface area contributed by atoms with Crippen LogP contribution in [0.4, 0.5) is 0 Å². The summed E-state index contributed by atoms with van der Waals surface area (Å²) in [6, 6.07) is -0.537. The molecule has 0 aromatic carbocycles. The van der Waals surface area contributed by atoms with Gasteiger partial charge in [-0.15, -0.1) is 0 Å². The van der Waals surface area contributed by atoms with Crippen molar-refractivity contribution >= 4 is 27.8 Å². The molecule has 0 aliphatic carbocycles. The Morgan fingerprint density at radius 2 is 2.00 bits per heavy atom. The van der Waals surface area contributed by atoms with Gasteiger partial charge in [0, 0.05) is 0 Å². The second-order valence-electron chi connectivity index (χ2n) is 3.41. The molecule has 1 N–H and O–H groups in total. The predicted octanol–water partition coefficient (Wildman–Crippen LogP) is 1.09. The van der Waals surface area contributed by atoms with Gasteiger partial charge in [0.05, 0.1) is 12.4 Å². The SMILES string of the molecule is COC(=O)[C@H](CC(C)C)NC(=O)CBr. The number of hydrogen-bond acceptors (Lipinski definition) is 3. The largest absolute Gasteiger partial charge is 0.467 e. The highest BCUT2D eigenvalue weighted by atomic mass is 79.9. The second kappa shape index (κ2) is 6.81. The molecule has 0 aromatic rings. The van der Waals surface area contributed by atoms with Gasteiger partial charge in [-0.05, 0) is 12.3 Å². The number of nitrogens with one attached hydrogen (secondary N) is 1. The summed E-state index contributed by atoms with van der Waals surface area (Å²) in [4.78, 5) is 22.3. The average Bonchev–Trinajstić information content (AvgIpc) is 2.14. The summed E-state index contributed by atoms with van der Waals surface area (Å²) in [7, 11) is 1.32. The number of methoxy groups -OCH3 is 1. The molecule has 0 fully saturated rings. The van der Waals surface area contributed by atoms with Crippen LogP contribution >= 0.6 is 15.9 Å². The Labute approximate surface area is 92.5 Å². The van der Waals surface area contributed by atoms with E-state index in [2.05, 4.69) is 26.0 Å². The quantitative estimate of drug-likeness (QED) is 0.598. The second-order valence-corrected chi connectivity index (χ2v) is 3.97. The third-order valence-corrected chi connectivity index (χ3v) is 2.16. The molecule has 1 amide bonds. The zero-order valence-corrected chi connectivity index (χ0v) is 10.3. The Morgan fingerprint density at radius 3 is 2.36 bits per heavy atom. The van der Waals surface area contributed by atoms with E-state index in [1.54, 1.807) is 0 Å². The number of esters is 1. The minimum absolute atomic E-state index is 0.193. The molecule has 0 aliphatic heterocycles. The van der Waals surface area contributed by atoms with E-state index in [0.717, 1.165) is 0 Å². The van der Waals surface area contributed by atoms with E-state index in [9.17, 15) is 9.59 Å². The third kappa shape index (κ3) is 5.21. The lowest BCUT2D eigenvalue weighted by molar-refractivity contribution is -0.145. The zero-order chi connectivity index (χ0) is 11.1. The van der Waals surface area contributed by atoms with Crippen molar-refractivity contribution in [2.75, 3.05) is 12.4 Å². The van der Waals surface area contributed by atoms with Crippen molar-refractivity contribution in [3.63, 3.8) is 0 Å². The molecule has 0 spiro atoms. The van der Waals surface area contributed by atoms with Gasteiger partial charge in [0.25, 0.3) is 0 Å². The molecule has 1 atom stereocenters. The van der Waals surface area contributed by atoms with Crippen molar-refractivity contribution in [1.82, 2.24) is 5.32 Å². The van der Waals surface area contributed by atoms with Gasteiger partial charge < -0.3 is 10.1 Å². The maximum absolute atomic E-state index is 11.2. The number of ether oxygens (including phenoxy) is 1. The Hall–Kier alpha value is -0.580. The van der Waals surface area contributed by atoms with Crippen LogP contribution < -0.4 is 5.32 Å². The van der Waals surface area contributed by atoms with Crippen LogP contribution in [-0.2, 0) is 14.3 Å². The fraction of sp³-hybridized carbons (Fsp3) is 0.778. The van der Waals surface area contributed by atoms with E-state index in [1.807, 2.05) is 13.8 Å². The first-order valence-corrected chi connectivity index (χ1v) is 5.56. The summed E-state index contributed by atoms with van der Waals surface area (Å²) in [6.45, 7) is 3.96. The fourth-order valence-electron chi connectivity index (χ4n) is 1.06. The summed E-state index contributed by atoms with van der Waals surface area (Å²) >= 11 is 3.02. The molecule has 0 heterocycles. The lowest BCUT2D eigenvalue weighted by Gasteiger charge is -2.17. The molecule has 5 heteroatoms. The fourth-order valence-corrected chi connectivity index (χ4v) is 1.22. The van der Waals surface area contributed by atoms with Gasteiger partial charge in [-0.1, -0.05) is 29.8 Å². The van der Waals surface area contributed by atoms with Gasteiger partial charge in [0.15, 0.2) is 0 Å². The van der Waals surface area contributed by atoms with Crippen LogP contribution in [0.15, 0.2) is 0 Å². The minimum atomic E-state index is -0.537. The van der Waals surface area contributed by atoms with Gasteiger partial charge in [-0.3, -0.25) is 4.79 Å². The Balaban J connectivity index is 4.24. The molecular weight excluding hydrogens is 250 g/mol. The van der Waals surface area contributed by atoms with Crippen LogP contribution in [0.2, 0.25) is 0 Å². The van der Waals surface area contributed by atoms with Crippen molar-refractivity contribution in [1.29, 1.82) is 0 Å². The van der Waals surface area contributed by atoms with Crippen molar-refractivity contribution in [3.8, 4) is 0 Å². The van der Waals surface area contributed by atoms with Crippen LogP contribution in [0, 0.1) is 5.92 Å². The van der Waals surface area contributed by atoms with Crippen molar-refractivity contribution in [2.24, 2.45) is 5.92 Å². The lowest BCUT2D eigenvalue weighted by Crippen LogP contribution is -2.42. The van der Waals surface area contributed by atoms with Crippen LogP contribution in [0.5, 0.6) is 0 Å². The molecule has 14 heavy (non-hydrogen) atoms. The van der Waals surface area contributed by atoms with E-state index in [0.29, 0.717) is 12.3 Å². The predicted molar refractivity (Wildman–Crippen MR) is 57.2 cm³/mol. The maximum atomic E-state index is 11.2. The van der Waals surface area contributed by atoms with E-state index in [-0.39, 0.29) is 11.2 Å². The highest BCUT2D eigenvalue weighted by molar-refractivity contribution is 9.09. The first kappa shape index (κ1) is 13.4. The van der Waals surface area contributed by atoms with E-state index >= 15 is 0 Å². The molecular formula is C9H16BrNO3. The first-order valence-electron chi connectivity index (χ1n) is 4.44. The Morgan fingerprint density at radius 1 is 1.43 bits per heavy atom. The van der Waals surface area contributed by atoms with Gasteiger partial charge >= 0.3 is 5.97 Å². The highest BCUT2D eigenvalue weighted by Crippen LogP contribution is 2.06. The Kier molecular flexibility index (Phi) is 6.53. The van der Waals surface area contributed by atoms with E-state index in [4.69, 9.17) is 0 Å². The van der Waals surface area contributed by atoms with Crippen LogP contribution in [0.25, 0.3) is 0 Å². The molecule has 4 nitrogen and oxygen atoms in total. The van der Waals surface area contributed by atoms with Crippen LogP contribution in [-0.4, -0.2) is 30.4 Å². The minimum Gasteiger partial charge on any atom is -0.467 e. The lowest BCUT2D eigenvalue weighted by atomic mass is 10.0. The molecule has 0 radical (unpaired) electrons. The summed E-state index contributed by atoms with van der Waals surface area (Å²) in [5.74, 6) is -0.274. The maximum Gasteiger partial charge on any atom is 0.328 e. The van der Waals surface area contributed by atoms with Crippen molar-refractivity contribution in [3.05, 3.63) is 0 Å². The molecule has 0 rings (SSSR count). The van der Waals surface area contributed by atoms with Gasteiger partial charge in [-0.2, -0.15) is 0 Å². The first-order chi connectivity index (χ1) is 6.51. The number of rotatable bonds is 5. The van der Waals surface area contributed by atoms with Gasteiger partial charge in [0.1, 0.15) is 6.04 Å².